The molecule has 5 heteroatoms. The van der Waals surface area contributed by atoms with Crippen LogP contribution in [0.2, 0.25) is 5.02 Å². The van der Waals surface area contributed by atoms with Crippen molar-refractivity contribution >= 4 is 17.5 Å². The van der Waals surface area contributed by atoms with Crippen molar-refractivity contribution in [3.05, 3.63) is 34.9 Å². The summed E-state index contributed by atoms with van der Waals surface area (Å²) in [5.74, 6) is 0.779. The predicted octanol–water partition coefficient (Wildman–Crippen LogP) is 1.89. The Bertz CT molecular complexity index is 443. The van der Waals surface area contributed by atoms with Gasteiger partial charge in [0.05, 0.1) is 6.54 Å². The van der Waals surface area contributed by atoms with Gasteiger partial charge in [0.1, 0.15) is 0 Å². The van der Waals surface area contributed by atoms with Crippen LogP contribution < -0.4 is 10.6 Å². The average Bonchev–Trinajstić information content (AvgIpc) is 2.47. The Morgan fingerprint density at radius 1 is 1.33 bits per heavy atom. The first kappa shape index (κ1) is 16.3. The van der Waals surface area contributed by atoms with Gasteiger partial charge in [-0.2, -0.15) is 0 Å². The number of piperidine rings is 1. The lowest BCUT2D eigenvalue weighted by Crippen LogP contribution is -2.39. The highest BCUT2D eigenvalue weighted by atomic mass is 35.5. The van der Waals surface area contributed by atoms with Gasteiger partial charge in [0.25, 0.3) is 0 Å². The van der Waals surface area contributed by atoms with E-state index in [0.717, 1.165) is 25.2 Å². The minimum atomic E-state index is 0.0707. The summed E-state index contributed by atoms with van der Waals surface area (Å²) in [6.45, 7) is 4.20. The first-order chi connectivity index (χ1) is 10.1. The lowest BCUT2D eigenvalue weighted by atomic mass is 9.98. The first-order valence-electron chi connectivity index (χ1n) is 7.54. The average molecular weight is 310 g/mol. The molecule has 1 aromatic rings. The molecular formula is C16H24ClN3O. The maximum absolute atomic E-state index is 11.9. The lowest BCUT2D eigenvalue weighted by Gasteiger charge is -2.27. The first-order valence-corrected chi connectivity index (χ1v) is 7.91. The van der Waals surface area contributed by atoms with Gasteiger partial charge in [-0.3, -0.25) is 9.69 Å². The quantitative estimate of drug-likeness (QED) is 0.843. The molecule has 1 heterocycles. The molecule has 1 aromatic carbocycles. The largest absolute Gasteiger partial charge is 0.351 e. The number of halogens is 1. The highest BCUT2D eigenvalue weighted by Gasteiger charge is 2.16. The summed E-state index contributed by atoms with van der Waals surface area (Å²) < 4.78 is 0. The molecule has 1 aliphatic heterocycles. The number of likely N-dealkylation sites (N-methyl/N-ethyl adjacent to an activating group) is 1. The zero-order chi connectivity index (χ0) is 15.1. The van der Waals surface area contributed by atoms with Gasteiger partial charge in [0, 0.05) is 18.1 Å². The molecule has 0 spiro atoms. The van der Waals surface area contributed by atoms with E-state index < -0.39 is 0 Å². The van der Waals surface area contributed by atoms with E-state index in [1.807, 2.05) is 31.3 Å². The van der Waals surface area contributed by atoms with E-state index in [1.54, 1.807) is 0 Å². The second-order valence-corrected chi connectivity index (χ2v) is 6.23. The smallest absolute Gasteiger partial charge is 0.234 e. The van der Waals surface area contributed by atoms with Crippen molar-refractivity contribution in [2.45, 2.75) is 19.4 Å². The highest BCUT2D eigenvalue weighted by molar-refractivity contribution is 6.30. The van der Waals surface area contributed by atoms with Crippen LogP contribution in [0.4, 0.5) is 0 Å². The van der Waals surface area contributed by atoms with Crippen LogP contribution in [-0.2, 0) is 11.3 Å². The molecule has 1 aliphatic rings. The zero-order valence-electron chi connectivity index (χ0n) is 12.6. The summed E-state index contributed by atoms with van der Waals surface area (Å²) in [4.78, 5) is 14.1. The molecule has 0 atom stereocenters. The number of nitrogens with zero attached hydrogens (tertiary/aromatic N) is 1. The maximum Gasteiger partial charge on any atom is 0.234 e. The highest BCUT2D eigenvalue weighted by Crippen LogP contribution is 2.12. The van der Waals surface area contributed by atoms with Crippen molar-refractivity contribution in [1.29, 1.82) is 0 Å². The number of amides is 1. The third-order valence-electron chi connectivity index (χ3n) is 3.85. The number of carbonyl (C=O) groups is 1. The van der Waals surface area contributed by atoms with Gasteiger partial charge in [-0.1, -0.05) is 23.7 Å². The molecule has 1 amide bonds. The second-order valence-electron chi connectivity index (χ2n) is 5.79. The van der Waals surface area contributed by atoms with E-state index in [1.165, 1.54) is 12.8 Å². The van der Waals surface area contributed by atoms with Crippen LogP contribution in [0, 0.1) is 5.92 Å². The fourth-order valence-corrected chi connectivity index (χ4v) is 2.80. The number of hydrogen-bond donors (Lipinski definition) is 2. The summed E-state index contributed by atoms with van der Waals surface area (Å²) in [6, 6.07) is 7.54. The zero-order valence-corrected chi connectivity index (χ0v) is 13.3. The Balaban J connectivity index is 1.67. The molecule has 2 rings (SSSR count). The molecule has 0 aromatic heterocycles. The van der Waals surface area contributed by atoms with Gasteiger partial charge in [-0.05, 0) is 56.6 Å². The third kappa shape index (κ3) is 6.04. The van der Waals surface area contributed by atoms with E-state index in [4.69, 9.17) is 11.6 Å². The van der Waals surface area contributed by atoms with Crippen LogP contribution in [0.15, 0.2) is 24.3 Å². The molecule has 116 valence electrons. The van der Waals surface area contributed by atoms with Crippen molar-refractivity contribution in [3.63, 3.8) is 0 Å². The molecule has 21 heavy (non-hydrogen) atoms. The standard InChI is InChI=1S/C16H24ClN3O/c1-20(11-14-6-8-18-9-7-14)12-16(21)19-10-13-2-4-15(17)5-3-13/h2-5,14,18H,6-12H2,1H3,(H,19,21). The Kier molecular flexibility index (Phi) is 6.49. The molecule has 0 bridgehead atoms. The lowest BCUT2D eigenvalue weighted by molar-refractivity contribution is -0.122. The molecule has 0 radical (unpaired) electrons. The Morgan fingerprint density at radius 2 is 2.00 bits per heavy atom. The third-order valence-corrected chi connectivity index (χ3v) is 4.10. The summed E-state index contributed by atoms with van der Waals surface area (Å²) >= 11 is 5.84. The van der Waals surface area contributed by atoms with Gasteiger partial charge >= 0.3 is 0 Å². The monoisotopic (exact) mass is 309 g/mol. The Morgan fingerprint density at radius 3 is 2.67 bits per heavy atom. The summed E-state index contributed by atoms with van der Waals surface area (Å²) in [7, 11) is 2.02. The Labute approximate surface area is 131 Å². The Hall–Kier alpha value is -1.10. The molecular weight excluding hydrogens is 286 g/mol. The minimum absolute atomic E-state index is 0.0707. The molecule has 4 nitrogen and oxygen atoms in total. The van der Waals surface area contributed by atoms with Crippen molar-refractivity contribution in [3.8, 4) is 0 Å². The SMILES string of the molecule is CN(CC(=O)NCc1ccc(Cl)cc1)CC1CCNCC1. The van der Waals surface area contributed by atoms with E-state index in [-0.39, 0.29) is 5.91 Å². The molecule has 0 aliphatic carbocycles. The van der Waals surface area contributed by atoms with Crippen LogP contribution in [0.3, 0.4) is 0 Å². The normalized spacial score (nSPS) is 16.1. The molecule has 0 unspecified atom stereocenters. The van der Waals surface area contributed by atoms with E-state index in [9.17, 15) is 4.79 Å². The topological polar surface area (TPSA) is 44.4 Å². The summed E-state index contributed by atoms with van der Waals surface area (Å²) in [5, 5.41) is 7.03. The maximum atomic E-state index is 11.9. The number of rotatable bonds is 6. The van der Waals surface area contributed by atoms with Crippen LogP contribution in [0.5, 0.6) is 0 Å². The summed E-state index contributed by atoms with van der Waals surface area (Å²) in [5.41, 5.74) is 1.06. The predicted molar refractivity (Wildman–Crippen MR) is 86.4 cm³/mol. The molecule has 1 fully saturated rings. The van der Waals surface area contributed by atoms with Crippen LogP contribution >= 0.6 is 11.6 Å². The van der Waals surface area contributed by atoms with Crippen molar-refractivity contribution in [2.75, 3.05) is 33.2 Å². The number of hydrogen-bond acceptors (Lipinski definition) is 3. The van der Waals surface area contributed by atoms with Crippen LogP contribution in [0.25, 0.3) is 0 Å². The van der Waals surface area contributed by atoms with Gasteiger partial charge in [0.15, 0.2) is 0 Å². The van der Waals surface area contributed by atoms with E-state index in [0.29, 0.717) is 24.0 Å². The second kappa shape index (κ2) is 8.37. The van der Waals surface area contributed by atoms with Gasteiger partial charge < -0.3 is 10.6 Å². The molecule has 0 saturated carbocycles. The van der Waals surface area contributed by atoms with E-state index >= 15 is 0 Å². The van der Waals surface area contributed by atoms with Gasteiger partial charge in [0.2, 0.25) is 5.91 Å². The molecule has 1 saturated heterocycles. The summed E-state index contributed by atoms with van der Waals surface area (Å²) in [6.07, 6.45) is 2.41. The minimum Gasteiger partial charge on any atom is -0.351 e. The number of nitrogens with one attached hydrogen (secondary N) is 2. The molecule has 2 N–H and O–H groups in total. The van der Waals surface area contributed by atoms with E-state index in [2.05, 4.69) is 15.5 Å². The number of benzene rings is 1. The van der Waals surface area contributed by atoms with Gasteiger partial charge in [-0.15, -0.1) is 0 Å². The van der Waals surface area contributed by atoms with Crippen LogP contribution in [-0.4, -0.2) is 44.0 Å². The van der Waals surface area contributed by atoms with Crippen molar-refractivity contribution in [1.82, 2.24) is 15.5 Å². The van der Waals surface area contributed by atoms with Crippen molar-refractivity contribution < 1.29 is 4.79 Å². The fraction of sp³-hybridized carbons (Fsp3) is 0.562. The van der Waals surface area contributed by atoms with Crippen LogP contribution in [0.1, 0.15) is 18.4 Å². The van der Waals surface area contributed by atoms with Crippen molar-refractivity contribution in [2.24, 2.45) is 5.92 Å². The fourth-order valence-electron chi connectivity index (χ4n) is 2.67. The van der Waals surface area contributed by atoms with Gasteiger partial charge in [-0.25, -0.2) is 0 Å². The number of carbonyl (C=O) groups excluding carboxylic acids is 1.